The quantitative estimate of drug-likeness (QED) is 0.841. The normalized spacial score (nSPS) is 22.2. The molecule has 118 valence electrons. The van der Waals surface area contributed by atoms with Gasteiger partial charge in [0.2, 0.25) is 11.8 Å². The lowest BCUT2D eigenvalue weighted by atomic mass is 10.1. The number of carbonyl (C=O) groups is 2. The Balaban J connectivity index is 1.64. The first-order chi connectivity index (χ1) is 10.6. The van der Waals surface area contributed by atoms with E-state index < -0.39 is 0 Å². The molecule has 0 spiro atoms. The SMILES string of the molecule is O=C1CSCN1CC(=O)N1CCO[C@@H](c2ccccc2Cl)C1. The third kappa shape index (κ3) is 3.39. The molecule has 0 aliphatic carbocycles. The second-order valence-electron chi connectivity index (χ2n) is 5.29. The first-order valence-electron chi connectivity index (χ1n) is 7.14. The zero-order valence-corrected chi connectivity index (χ0v) is 13.6. The lowest BCUT2D eigenvalue weighted by molar-refractivity contribution is -0.143. The van der Waals surface area contributed by atoms with E-state index in [1.807, 2.05) is 24.3 Å². The molecule has 2 aliphatic heterocycles. The van der Waals surface area contributed by atoms with Crippen LogP contribution >= 0.6 is 23.4 Å². The molecule has 0 aromatic heterocycles. The van der Waals surface area contributed by atoms with Crippen LogP contribution in [0.15, 0.2) is 24.3 Å². The number of rotatable bonds is 3. The fraction of sp³-hybridized carbons (Fsp3) is 0.467. The third-order valence-corrected chi connectivity index (χ3v) is 5.11. The predicted molar refractivity (Wildman–Crippen MR) is 85.8 cm³/mol. The molecular weight excluding hydrogens is 324 g/mol. The number of nitrogens with zero attached hydrogens (tertiary/aromatic N) is 2. The maximum Gasteiger partial charge on any atom is 0.242 e. The zero-order chi connectivity index (χ0) is 15.5. The van der Waals surface area contributed by atoms with Gasteiger partial charge in [0.1, 0.15) is 12.6 Å². The Kier molecular flexibility index (Phi) is 4.90. The lowest BCUT2D eigenvalue weighted by Crippen LogP contribution is -2.47. The van der Waals surface area contributed by atoms with Crippen LogP contribution in [0.25, 0.3) is 0 Å². The molecule has 2 saturated heterocycles. The van der Waals surface area contributed by atoms with Gasteiger partial charge in [-0.25, -0.2) is 0 Å². The van der Waals surface area contributed by atoms with Crippen LogP contribution in [0.1, 0.15) is 11.7 Å². The van der Waals surface area contributed by atoms with Gasteiger partial charge in [0, 0.05) is 17.1 Å². The van der Waals surface area contributed by atoms with Crippen LogP contribution in [0.4, 0.5) is 0 Å². The fourth-order valence-electron chi connectivity index (χ4n) is 2.60. The maximum absolute atomic E-state index is 12.4. The highest BCUT2D eigenvalue weighted by Gasteiger charge is 2.29. The Labute approximate surface area is 138 Å². The molecule has 5 nitrogen and oxygen atoms in total. The summed E-state index contributed by atoms with van der Waals surface area (Å²) in [6.45, 7) is 1.65. The van der Waals surface area contributed by atoms with Crippen LogP contribution in [0.5, 0.6) is 0 Å². The van der Waals surface area contributed by atoms with Gasteiger partial charge in [-0.2, -0.15) is 0 Å². The van der Waals surface area contributed by atoms with Gasteiger partial charge in [-0.05, 0) is 6.07 Å². The highest BCUT2D eigenvalue weighted by molar-refractivity contribution is 8.00. The molecule has 7 heteroatoms. The number of hydrogen-bond acceptors (Lipinski definition) is 4. The number of carbonyl (C=O) groups excluding carboxylic acids is 2. The monoisotopic (exact) mass is 340 g/mol. The number of benzene rings is 1. The molecule has 2 aliphatic rings. The standard InChI is InChI=1S/C15H17ClN2O3S/c16-12-4-2-1-3-11(12)13-7-17(5-6-21-13)14(19)8-18-10-22-9-15(18)20/h1-4,13H,5-10H2/t13-/m1/s1. The minimum absolute atomic E-state index is 0.0313. The fourth-order valence-corrected chi connectivity index (χ4v) is 3.77. The van der Waals surface area contributed by atoms with E-state index in [2.05, 4.69) is 0 Å². The molecule has 0 saturated carbocycles. The predicted octanol–water partition coefficient (Wildman–Crippen LogP) is 1.77. The summed E-state index contributed by atoms with van der Waals surface area (Å²) in [5, 5.41) is 0.646. The van der Waals surface area contributed by atoms with Crippen molar-refractivity contribution in [3.8, 4) is 0 Å². The Morgan fingerprint density at radius 2 is 2.23 bits per heavy atom. The molecule has 0 N–H and O–H groups in total. The summed E-state index contributed by atoms with van der Waals surface area (Å²) in [4.78, 5) is 27.4. The molecule has 0 unspecified atom stereocenters. The van der Waals surface area contributed by atoms with Gasteiger partial charge < -0.3 is 14.5 Å². The Bertz CT molecular complexity index is 584. The van der Waals surface area contributed by atoms with E-state index in [0.717, 1.165) is 5.56 Å². The minimum Gasteiger partial charge on any atom is -0.370 e. The number of amides is 2. The van der Waals surface area contributed by atoms with E-state index in [1.165, 1.54) is 0 Å². The number of thioether (sulfide) groups is 1. The van der Waals surface area contributed by atoms with Gasteiger partial charge in [-0.1, -0.05) is 29.8 Å². The summed E-state index contributed by atoms with van der Waals surface area (Å²) < 4.78 is 5.75. The zero-order valence-electron chi connectivity index (χ0n) is 12.0. The second-order valence-corrected chi connectivity index (χ2v) is 6.65. The van der Waals surface area contributed by atoms with Gasteiger partial charge >= 0.3 is 0 Å². The van der Waals surface area contributed by atoms with Crippen molar-refractivity contribution in [2.24, 2.45) is 0 Å². The largest absolute Gasteiger partial charge is 0.370 e. The summed E-state index contributed by atoms with van der Waals surface area (Å²) in [6, 6.07) is 7.52. The van der Waals surface area contributed by atoms with Gasteiger partial charge in [0.25, 0.3) is 0 Å². The number of ether oxygens (including phenoxy) is 1. The Morgan fingerprint density at radius 3 is 2.95 bits per heavy atom. The van der Waals surface area contributed by atoms with Gasteiger partial charge in [-0.15, -0.1) is 11.8 Å². The van der Waals surface area contributed by atoms with Crippen LogP contribution in [-0.4, -0.2) is 59.5 Å². The van der Waals surface area contributed by atoms with Crippen LogP contribution in [0.2, 0.25) is 5.02 Å². The van der Waals surface area contributed by atoms with Crippen molar-refractivity contribution >= 4 is 35.2 Å². The highest BCUT2D eigenvalue weighted by Crippen LogP contribution is 2.28. The minimum atomic E-state index is -0.213. The number of halogens is 1. The van der Waals surface area contributed by atoms with E-state index in [-0.39, 0.29) is 24.5 Å². The van der Waals surface area contributed by atoms with Gasteiger partial charge in [0.15, 0.2) is 0 Å². The van der Waals surface area contributed by atoms with Crippen molar-refractivity contribution in [1.29, 1.82) is 0 Å². The molecule has 2 amide bonds. The maximum atomic E-state index is 12.4. The third-order valence-electron chi connectivity index (χ3n) is 3.82. The number of hydrogen-bond donors (Lipinski definition) is 0. The van der Waals surface area contributed by atoms with Gasteiger partial charge in [-0.3, -0.25) is 9.59 Å². The lowest BCUT2D eigenvalue weighted by Gasteiger charge is -2.34. The smallest absolute Gasteiger partial charge is 0.242 e. The van der Waals surface area contributed by atoms with Crippen molar-refractivity contribution in [2.75, 3.05) is 37.9 Å². The molecule has 1 atom stereocenters. The number of morpholine rings is 1. The molecule has 2 heterocycles. The average molecular weight is 341 g/mol. The van der Waals surface area contributed by atoms with Crippen LogP contribution < -0.4 is 0 Å². The summed E-state index contributed by atoms with van der Waals surface area (Å²) in [5.74, 6) is 1.08. The first kappa shape index (κ1) is 15.6. The molecule has 22 heavy (non-hydrogen) atoms. The van der Waals surface area contributed by atoms with E-state index in [0.29, 0.717) is 36.3 Å². The topological polar surface area (TPSA) is 49.9 Å². The molecule has 1 aromatic carbocycles. The van der Waals surface area contributed by atoms with E-state index >= 15 is 0 Å². The average Bonchev–Trinajstić information content (AvgIpc) is 2.93. The first-order valence-corrected chi connectivity index (χ1v) is 8.68. The van der Waals surface area contributed by atoms with E-state index in [1.54, 1.807) is 21.6 Å². The summed E-state index contributed by atoms with van der Waals surface area (Å²) in [5.41, 5.74) is 0.898. The molecule has 2 fully saturated rings. The molecular formula is C15H17ClN2O3S. The molecule has 0 radical (unpaired) electrons. The van der Waals surface area contributed by atoms with Crippen LogP contribution in [0, 0.1) is 0 Å². The van der Waals surface area contributed by atoms with Crippen LogP contribution in [0.3, 0.4) is 0 Å². The van der Waals surface area contributed by atoms with Crippen LogP contribution in [-0.2, 0) is 14.3 Å². The van der Waals surface area contributed by atoms with Crippen molar-refractivity contribution in [1.82, 2.24) is 9.80 Å². The highest BCUT2D eigenvalue weighted by atomic mass is 35.5. The molecule has 0 bridgehead atoms. The van der Waals surface area contributed by atoms with Gasteiger partial charge in [0.05, 0.1) is 24.8 Å². The van der Waals surface area contributed by atoms with E-state index in [4.69, 9.17) is 16.3 Å². The summed E-state index contributed by atoms with van der Waals surface area (Å²) >= 11 is 7.74. The summed E-state index contributed by atoms with van der Waals surface area (Å²) in [6.07, 6.45) is -0.213. The Morgan fingerprint density at radius 1 is 1.41 bits per heavy atom. The Hall–Kier alpha value is -1.24. The second kappa shape index (κ2) is 6.89. The van der Waals surface area contributed by atoms with Crippen molar-refractivity contribution in [2.45, 2.75) is 6.10 Å². The molecule has 3 rings (SSSR count). The molecule has 1 aromatic rings. The van der Waals surface area contributed by atoms with Crippen molar-refractivity contribution in [3.05, 3.63) is 34.9 Å². The van der Waals surface area contributed by atoms with Crippen molar-refractivity contribution < 1.29 is 14.3 Å². The summed E-state index contributed by atoms with van der Waals surface area (Å²) in [7, 11) is 0. The van der Waals surface area contributed by atoms with Crippen molar-refractivity contribution in [3.63, 3.8) is 0 Å². The van der Waals surface area contributed by atoms with E-state index in [9.17, 15) is 9.59 Å².